The molecule has 0 bridgehead atoms. The van der Waals surface area contributed by atoms with Crippen LogP contribution < -0.4 is 0 Å². The van der Waals surface area contributed by atoms with Crippen LogP contribution in [-0.2, 0) is 0 Å². The Morgan fingerprint density at radius 1 is 0.357 bits per heavy atom. The van der Waals surface area contributed by atoms with Crippen LogP contribution >= 0.6 is 11.3 Å². The van der Waals surface area contributed by atoms with Crippen molar-refractivity contribution in [2.45, 2.75) is 0 Å². The van der Waals surface area contributed by atoms with Crippen molar-refractivity contribution in [3.8, 4) is 67.5 Å². The summed E-state index contributed by atoms with van der Waals surface area (Å²) in [6, 6.07) is 48.0. The normalized spacial score (nSPS) is 13.1. The fourth-order valence-corrected chi connectivity index (χ4v) is 8.13. The molecule has 3 heterocycles. The fourth-order valence-electron chi connectivity index (χ4n) is 7.16. The highest BCUT2D eigenvalue weighted by molar-refractivity contribution is 7.25. The Morgan fingerprint density at radius 3 is 1.57 bits per heavy atom. The van der Waals surface area contributed by atoms with Crippen LogP contribution in [0, 0.1) is 0 Å². The van der Waals surface area contributed by atoms with Gasteiger partial charge in [-0.2, -0.15) is 0 Å². The highest BCUT2D eigenvalue weighted by Crippen LogP contribution is 2.39. The molecule has 11 aromatic rings. The average molecular weight is 740 g/mol. The quantitative estimate of drug-likeness (QED) is 0.170. The van der Waals surface area contributed by atoms with Gasteiger partial charge in [0, 0.05) is 47.6 Å². The molecular weight excluding hydrogens is 703 g/mol. The second kappa shape index (κ2) is 13.3. The predicted molar refractivity (Wildman–Crippen MR) is 233 cm³/mol. The van der Waals surface area contributed by atoms with Crippen LogP contribution in [0.15, 0.2) is 192 Å². The van der Waals surface area contributed by atoms with Crippen molar-refractivity contribution >= 4 is 53.4 Å². The Hall–Kier alpha value is -7.21. The number of benzene rings is 8. The van der Waals surface area contributed by atoms with Crippen molar-refractivity contribution in [3.05, 3.63) is 188 Å². The molecule has 11 rings (SSSR count). The van der Waals surface area contributed by atoms with Crippen LogP contribution in [0.5, 0.6) is 0 Å². The summed E-state index contributed by atoms with van der Waals surface area (Å²) in [6.45, 7) is 0. The van der Waals surface area contributed by atoms with E-state index in [-0.39, 0.29) is 64.0 Å². The van der Waals surface area contributed by atoms with E-state index in [0.29, 0.717) is 43.3 Å². The number of aromatic nitrogens is 3. The Balaban J connectivity index is 1.10. The second-order valence-corrected chi connectivity index (χ2v) is 14.5. The second-order valence-electron chi connectivity index (χ2n) is 13.5. The van der Waals surface area contributed by atoms with Crippen molar-refractivity contribution < 1.29 is 12.6 Å². The Bertz CT molecular complexity index is 3570. The van der Waals surface area contributed by atoms with E-state index in [9.17, 15) is 5.48 Å². The minimum absolute atomic E-state index is 0.0226. The lowest BCUT2D eigenvalue weighted by atomic mass is 9.99. The summed E-state index contributed by atoms with van der Waals surface area (Å²) in [5, 5.41) is 2.33. The highest BCUT2D eigenvalue weighted by Gasteiger charge is 2.16. The maximum atomic E-state index is 9.64. The first kappa shape index (κ1) is 26.5. The molecule has 0 amide bonds. The summed E-state index contributed by atoms with van der Waals surface area (Å²) in [7, 11) is 0. The molecule has 56 heavy (non-hydrogen) atoms. The summed E-state index contributed by atoms with van der Waals surface area (Å²) in [4.78, 5) is 14.8. The minimum atomic E-state index is -0.282. The number of fused-ring (bicyclic) bond motifs is 6. The molecule has 0 saturated heterocycles. The topological polar surface area (TPSA) is 51.8 Å². The third kappa shape index (κ3) is 5.74. The van der Waals surface area contributed by atoms with Crippen LogP contribution in [0.25, 0.3) is 110 Å². The van der Waals surface area contributed by atoms with Gasteiger partial charge in [-0.05, 0) is 75.8 Å². The van der Waals surface area contributed by atoms with E-state index in [4.69, 9.17) is 22.1 Å². The lowest BCUT2D eigenvalue weighted by molar-refractivity contribution is 0.669. The Morgan fingerprint density at radius 2 is 0.875 bits per heavy atom. The van der Waals surface area contributed by atoms with Gasteiger partial charge in [-0.1, -0.05) is 146 Å². The molecule has 0 atom stereocenters. The molecule has 3 aromatic heterocycles. The van der Waals surface area contributed by atoms with E-state index >= 15 is 0 Å². The van der Waals surface area contributed by atoms with Crippen molar-refractivity contribution in [2.24, 2.45) is 0 Å². The zero-order valence-electron chi connectivity index (χ0n) is 35.6. The first-order valence-electron chi connectivity index (χ1n) is 21.2. The third-order valence-corrected chi connectivity index (χ3v) is 11.1. The summed E-state index contributed by atoms with van der Waals surface area (Å²) in [6.07, 6.45) is 0. The number of thiophene rings is 1. The van der Waals surface area contributed by atoms with Crippen molar-refractivity contribution in [1.82, 2.24) is 15.0 Å². The van der Waals surface area contributed by atoms with E-state index in [1.165, 1.54) is 0 Å². The van der Waals surface area contributed by atoms with E-state index in [1.54, 1.807) is 0 Å². The Labute approximate surface area is 335 Å². The van der Waals surface area contributed by atoms with Gasteiger partial charge in [-0.25, -0.2) is 15.0 Å². The molecular formula is C51H31N3OS. The van der Waals surface area contributed by atoms with Gasteiger partial charge in [-0.3, -0.25) is 0 Å². The summed E-state index contributed by atoms with van der Waals surface area (Å²) in [5.41, 5.74) is 7.81. The minimum Gasteiger partial charge on any atom is -0.456 e. The summed E-state index contributed by atoms with van der Waals surface area (Å²) in [5.74, 6) is 0.691. The molecule has 0 aliphatic carbocycles. The number of nitrogens with zero attached hydrogens (tertiary/aromatic N) is 3. The molecule has 0 radical (unpaired) electrons. The molecule has 5 heteroatoms. The van der Waals surface area contributed by atoms with Crippen LogP contribution in [0.1, 0.15) is 8.22 Å². The van der Waals surface area contributed by atoms with Crippen molar-refractivity contribution in [2.75, 3.05) is 0 Å². The molecule has 0 unspecified atom stereocenters. The molecule has 0 fully saturated rings. The van der Waals surface area contributed by atoms with Gasteiger partial charge in [0.1, 0.15) is 11.2 Å². The van der Waals surface area contributed by atoms with Gasteiger partial charge >= 0.3 is 0 Å². The van der Waals surface area contributed by atoms with Gasteiger partial charge in [0.05, 0.1) is 8.22 Å². The van der Waals surface area contributed by atoms with Crippen LogP contribution in [0.3, 0.4) is 0 Å². The van der Waals surface area contributed by atoms with Crippen LogP contribution in [0.2, 0.25) is 0 Å². The largest absolute Gasteiger partial charge is 0.456 e. The average Bonchev–Trinajstić information content (AvgIpc) is 3.91. The van der Waals surface area contributed by atoms with Crippen LogP contribution in [0.4, 0.5) is 0 Å². The standard InChI is InChI=1S/C51H31N3OS/c1-3-9-32(10-4-1)34-15-17-36(18-16-34)38-25-28-47-44(29-38)42-26-23-40(31-48(42)56-47)51-53-49(37-21-19-35(20-22-37)33-11-5-2-6-12-33)52-50(54-51)39-24-27-46-43(30-39)41-13-7-8-14-45(41)55-46/h1-31H/i23D,25D,26D,28D,29D,31D. The fraction of sp³-hybridized carbons (Fsp3) is 0. The maximum absolute atomic E-state index is 9.64. The SMILES string of the molecule is [2H]c1c(-c2ccc(-c3ccccc3)cc2)c([2H])c2c(sc3c([2H])c(-c4nc(-c5ccc(-c6ccccc6)cc5)nc(-c5ccc6oc7ccccc7c6c5)n4)c([2H])c([2H])c32)c1[2H]. The number of rotatable bonds is 6. The third-order valence-electron chi connectivity index (χ3n) is 10.0. The maximum Gasteiger partial charge on any atom is 0.164 e. The molecule has 0 aliphatic heterocycles. The molecule has 262 valence electrons. The molecule has 4 nitrogen and oxygen atoms in total. The molecule has 8 aromatic carbocycles. The zero-order valence-corrected chi connectivity index (χ0v) is 30.4. The first-order chi connectivity index (χ1) is 30.2. The van der Waals surface area contributed by atoms with Gasteiger partial charge in [0.15, 0.2) is 17.5 Å². The van der Waals surface area contributed by atoms with Crippen LogP contribution in [-0.4, -0.2) is 15.0 Å². The predicted octanol–water partition coefficient (Wildman–Crippen LogP) is 14.1. The zero-order chi connectivity index (χ0) is 42.2. The van der Waals surface area contributed by atoms with Gasteiger partial charge < -0.3 is 4.42 Å². The number of furan rings is 1. The van der Waals surface area contributed by atoms with Crippen molar-refractivity contribution in [3.63, 3.8) is 0 Å². The van der Waals surface area contributed by atoms with E-state index < -0.39 is 0 Å². The van der Waals surface area contributed by atoms with E-state index in [2.05, 4.69) is 0 Å². The van der Waals surface area contributed by atoms with Gasteiger partial charge in [-0.15, -0.1) is 11.3 Å². The molecule has 0 aliphatic rings. The van der Waals surface area contributed by atoms with E-state index in [0.717, 1.165) is 49.9 Å². The first-order valence-corrected chi connectivity index (χ1v) is 19.0. The number of para-hydroxylation sites is 1. The highest BCUT2D eigenvalue weighted by atomic mass is 32.1. The smallest absolute Gasteiger partial charge is 0.164 e. The molecule has 0 spiro atoms. The summed E-state index contributed by atoms with van der Waals surface area (Å²) < 4.78 is 62.9. The Kier molecular flexibility index (Phi) is 6.29. The lowest BCUT2D eigenvalue weighted by Gasteiger charge is -2.09. The monoisotopic (exact) mass is 739 g/mol. The van der Waals surface area contributed by atoms with Gasteiger partial charge in [0.25, 0.3) is 0 Å². The van der Waals surface area contributed by atoms with Crippen molar-refractivity contribution in [1.29, 1.82) is 0 Å². The van der Waals surface area contributed by atoms with E-state index in [1.807, 2.05) is 152 Å². The number of hydrogen-bond donors (Lipinski definition) is 0. The molecule has 0 saturated carbocycles. The van der Waals surface area contributed by atoms with Gasteiger partial charge in [0.2, 0.25) is 0 Å². The number of hydrogen-bond acceptors (Lipinski definition) is 5. The lowest BCUT2D eigenvalue weighted by Crippen LogP contribution is -2.00. The molecule has 0 N–H and O–H groups in total. The summed E-state index contributed by atoms with van der Waals surface area (Å²) >= 11 is 1.08.